The Morgan fingerprint density at radius 1 is 1.55 bits per heavy atom. The highest BCUT2D eigenvalue weighted by Crippen LogP contribution is 2.27. The van der Waals surface area contributed by atoms with Crippen LogP contribution in [0.1, 0.15) is 0 Å². The molecule has 0 radical (unpaired) electrons. The van der Waals surface area contributed by atoms with Crippen LogP contribution < -0.4 is 5.73 Å². The lowest BCUT2D eigenvalue weighted by molar-refractivity contribution is 0.584. The molecule has 2 aromatic rings. The second kappa shape index (κ2) is 2.35. The Morgan fingerprint density at radius 2 is 2.45 bits per heavy atom. The Balaban J connectivity index is 2.53. The number of rotatable bonds is 1. The molecular formula is C6H5N3OS. The van der Waals surface area contributed by atoms with Crippen molar-refractivity contribution in [3.05, 3.63) is 18.4 Å². The molecule has 11 heavy (non-hydrogen) atoms. The number of hydrogen-bond acceptors (Lipinski definition) is 5. The van der Waals surface area contributed by atoms with Gasteiger partial charge in [-0.3, -0.25) is 0 Å². The summed E-state index contributed by atoms with van der Waals surface area (Å²) in [4.78, 5) is 0.787. The molecule has 2 N–H and O–H groups in total. The van der Waals surface area contributed by atoms with Crippen molar-refractivity contribution in [2.45, 2.75) is 0 Å². The fourth-order valence-corrected chi connectivity index (χ4v) is 1.33. The van der Waals surface area contributed by atoms with Gasteiger partial charge in [0, 0.05) is 0 Å². The zero-order valence-electron chi connectivity index (χ0n) is 5.52. The number of nitrogens with zero attached hydrogens (tertiary/aromatic N) is 2. The molecular weight excluding hydrogens is 162 g/mol. The molecule has 0 bridgehead atoms. The van der Waals surface area contributed by atoms with Crippen LogP contribution in [0.15, 0.2) is 22.8 Å². The molecule has 4 nitrogen and oxygen atoms in total. The predicted molar refractivity (Wildman–Crippen MR) is 42.0 cm³/mol. The number of nitrogens with two attached hydrogens (primary N) is 1. The molecule has 2 heterocycles. The maximum Gasteiger partial charge on any atom is 0.169 e. The van der Waals surface area contributed by atoms with Gasteiger partial charge in [0.2, 0.25) is 0 Å². The molecule has 0 spiro atoms. The van der Waals surface area contributed by atoms with Crippen molar-refractivity contribution < 1.29 is 4.42 Å². The van der Waals surface area contributed by atoms with Gasteiger partial charge in [-0.25, -0.2) is 0 Å². The first-order valence-electron chi connectivity index (χ1n) is 2.99. The number of anilines is 1. The van der Waals surface area contributed by atoms with Crippen molar-refractivity contribution in [2.24, 2.45) is 0 Å². The normalized spacial score (nSPS) is 10.2. The summed E-state index contributed by atoms with van der Waals surface area (Å²) in [7, 11) is 0. The van der Waals surface area contributed by atoms with Crippen molar-refractivity contribution in [2.75, 3.05) is 5.73 Å². The average molecular weight is 167 g/mol. The Hall–Kier alpha value is -1.36. The minimum absolute atomic E-state index is 0.421. The summed E-state index contributed by atoms with van der Waals surface area (Å²) >= 11 is 1.23. The molecule has 0 aliphatic heterocycles. The van der Waals surface area contributed by atoms with Crippen molar-refractivity contribution in [1.29, 1.82) is 0 Å². The van der Waals surface area contributed by atoms with Crippen molar-refractivity contribution in [3.8, 4) is 10.6 Å². The highest BCUT2D eigenvalue weighted by molar-refractivity contribution is 7.09. The van der Waals surface area contributed by atoms with Gasteiger partial charge in [0.15, 0.2) is 5.82 Å². The third-order valence-electron chi connectivity index (χ3n) is 1.26. The van der Waals surface area contributed by atoms with Crippen molar-refractivity contribution >= 4 is 17.4 Å². The Bertz CT molecular complexity index is 340. The standard InChI is InChI=1S/C6H5N3OS/c7-6-5(11-9-8-6)4-2-1-3-10-4/h1-3H,7H2. The van der Waals surface area contributed by atoms with Crippen molar-refractivity contribution in [3.63, 3.8) is 0 Å². The van der Waals surface area contributed by atoms with E-state index >= 15 is 0 Å². The van der Waals surface area contributed by atoms with Gasteiger partial charge in [-0.05, 0) is 23.7 Å². The van der Waals surface area contributed by atoms with Gasteiger partial charge in [-0.1, -0.05) is 4.49 Å². The molecule has 0 unspecified atom stereocenters. The van der Waals surface area contributed by atoms with Gasteiger partial charge < -0.3 is 10.2 Å². The van der Waals surface area contributed by atoms with Gasteiger partial charge in [-0.15, -0.1) is 5.10 Å². The average Bonchev–Trinajstić information content (AvgIpc) is 2.55. The first kappa shape index (κ1) is 6.36. The molecule has 0 saturated carbocycles. The summed E-state index contributed by atoms with van der Waals surface area (Å²) in [6, 6.07) is 3.63. The summed E-state index contributed by atoms with van der Waals surface area (Å²) in [5.74, 6) is 1.14. The highest BCUT2D eigenvalue weighted by atomic mass is 32.1. The van der Waals surface area contributed by atoms with E-state index in [0.29, 0.717) is 5.82 Å². The quantitative estimate of drug-likeness (QED) is 0.696. The predicted octanol–water partition coefficient (Wildman–Crippen LogP) is 1.38. The van der Waals surface area contributed by atoms with Gasteiger partial charge in [0.25, 0.3) is 0 Å². The van der Waals surface area contributed by atoms with Crippen LogP contribution in [0.25, 0.3) is 10.6 Å². The number of nitrogen functional groups attached to an aromatic ring is 1. The third kappa shape index (κ3) is 0.988. The summed E-state index contributed by atoms with van der Waals surface area (Å²) in [6.45, 7) is 0. The molecule has 0 atom stereocenters. The smallest absolute Gasteiger partial charge is 0.169 e. The maximum absolute atomic E-state index is 5.51. The Labute approximate surface area is 66.8 Å². The molecule has 56 valence electrons. The van der Waals surface area contributed by atoms with E-state index < -0.39 is 0 Å². The topological polar surface area (TPSA) is 64.9 Å². The Morgan fingerprint density at radius 3 is 3.00 bits per heavy atom. The van der Waals surface area contributed by atoms with E-state index in [9.17, 15) is 0 Å². The first-order valence-corrected chi connectivity index (χ1v) is 3.77. The van der Waals surface area contributed by atoms with Crippen LogP contribution in [0, 0.1) is 0 Å². The molecule has 5 heteroatoms. The summed E-state index contributed by atoms with van der Waals surface area (Å²) < 4.78 is 8.79. The molecule has 0 saturated heterocycles. The second-order valence-corrected chi connectivity index (χ2v) is 2.72. The summed E-state index contributed by atoms with van der Waals surface area (Å²) in [5.41, 5.74) is 5.51. The molecule has 0 aromatic carbocycles. The lowest BCUT2D eigenvalue weighted by Crippen LogP contribution is -1.85. The molecule has 0 aliphatic rings. The molecule has 0 aliphatic carbocycles. The third-order valence-corrected chi connectivity index (χ3v) is 2.01. The van der Waals surface area contributed by atoms with E-state index in [2.05, 4.69) is 9.59 Å². The number of furan rings is 1. The monoisotopic (exact) mass is 167 g/mol. The largest absolute Gasteiger partial charge is 0.463 e. The van der Waals surface area contributed by atoms with Crippen LogP contribution >= 0.6 is 11.5 Å². The number of aromatic nitrogens is 2. The van der Waals surface area contributed by atoms with Crippen LogP contribution in [0.4, 0.5) is 5.82 Å². The van der Waals surface area contributed by atoms with Crippen LogP contribution in [-0.2, 0) is 0 Å². The number of hydrogen-bond donors (Lipinski definition) is 1. The van der Waals surface area contributed by atoms with Gasteiger partial charge in [0.05, 0.1) is 6.26 Å². The lowest BCUT2D eigenvalue weighted by atomic mass is 10.4. The van der Waals surface area contributed by atoms with Crippen LogP contribution in [0.3, 0.4) is 0 Å². The minimum atomic E-state index is 0.421. The lowest BCUT2D eigenvalue weighted by Gasteiger charge is -1.87. The molecule has 0 fully saturated rings. The van der Waals surface area contributed by atoms with E-state index in [0.717, 1.165) is 10.6 Å². The fourth-order valence-electron chi connectivity index (χ4n) is 0.776. The second-order valence-electron chi connectivity index (χ2n) is 1.96. The zero-order valence-corrected chi connectivity index (χ0v) is 6.34. The van der Waals surface area contributed by atoms with Crippen molar-refractivity contribution in [1.82, 2.24) is 9.59 Å². The van der Waals surface area contributed by atoms with Crippen LogP contribution in [0.2, 0.25) is 0 Å². The van der Waals surface area contributed by atoms with E-state index in [1.807, 2.05) is 6.07 Å². The molecule has 2 aromatic heterocycles. The van der Waals surface area contributed by atoms with Gasteiger partial charge >= 0.3 is 0 Å². The highest BCUT2D eigenvalue weighted by Gasteiger charge is 2.08. The van der Waals surface area contributed by atoms with Gasteiger partial charge in [0.1, 0.15) is 10.6 Å². The SMILES string of the molecule is Nc1nnsc1-c1ccco1. The molecule has 2 rings (SSSR count). The van der Waals surface area contributed by atoms with Gasteiger partial charge in [-0.2, -0.15) is 0 Å². The van der Waals surface area contributed by atoms with Crippen LogP contribution in [-0.4, -0.2) is 9.59 Å². The minimum Gasteiger partial charge on any atom is -0.463 e. The van der Waals surface area contributed by atoms with E-state index in [-0.39, 0.29) is 0 Å². The molecule has 0 amide bonds. The summed E-state index contributed by atoms with van der Waals surface area (Å²) in [6.07, 6.45) is 1.59. The fraction of sp³-hybridized carbons (Fsp3) is 0. The van der Waals surface area contributed by atoms with E-state index in [4.69, 9.17) is 10.2 Å². The van der Waals surface area contributed by atoms with E-state index in [1.54, 1.807) is 12.3 Å². The maximum atomic E-state index is 5.51. The zero-order chi connectivity index (χ0) is 7.68. The first-order chi connectivity index (χ1) is 5.38. The summed E-state index contributed by atoms with van der Waals surface area (Å²) in [5, 5.41) is 3.66. The van der Waals surface area contributed by atoms with Crippen LogP contribution in [0.5, 0.6) is 0 Å². The Kier molecular flexibility index (Phi) is 1.36. The van der Waals surface area contributed by atoms with E-state index in [1.165, 1.54) is 11.5 Å².